The number of nitrogens with one attached hydrogen (secondary N) is 1. The van der Waals surface area contributed by atoms with E-state index >= 15 is 0 Å². The number of carbonyl (C=O) groups is 1. The average Bonchev–Trinajstić information content (AvgIpc) is 2.55. The molecule has 0 aliphatic carbocycles. The molecule has 5 N–H and O–H groups in total. The van der Waals surface area contributed by atoms with Crippen molar-refractivity contribution in [1.82, 2.24) is 20.2 Å². The molecular formula is C10H14N6O. The van der Waals surface area contributed by atoms with Crippen LogP contribution in [-0.2, 0) is 11.3 Å². The van der Waals surface area contributed by atoms with Crippen LogP contribution in [0.2, 0.25) is 0 Å². The van der Waals surface area contributed by atoms with Crippen LogP contribution in [0.1, 0.15) is 11.3 Å². The lowest BCUT2D eigenvalue weighted by atomic mass is 10.2. The van der Waals surface area contributed by atoms with Crippen LogP contribution in [0.5, 0.6) is 0 Å². The Labute approximate surface area is 97.8 Å². The third-order valence-electron chi connectivity index (χ3n) is 2.51. The van der Waals surface area contributed by atoms with Crippen LogP contribution in [0, 0.1) is 13.8 Å². The molecule has 17 heavy (non-hydrogen) atoms. The second-order valence-electron chi connectivity index (χ2n) is 3.89. The van der Waals surface area contributed by atoms with Gasteiger partial charge in [0.05, 0.1) is 5.39 Å². The van der Waals surface area contributed by atoms with Crippen LogP contribution in [0.3, 0.4) is 0 Å². The van der Waals surface area contributed by atoms with Crippen molar-refractivity contribution in [2.45, 2.75) is 20.4 Å². The van der Waals surface area contributed by atoms with E-state index in [0.29, 0.717) is 11.5 Å². The van der Waals surface area contributed by atoms with E-state index in [9.17, 15) is 4.79 Å². The summed E-state index contributed by atoms with van der Waals surface area (Å²) in [5.74, 6) is 5.06. The fourth-order valence-electron chi connectivity index (χ4n) is 1.84. The monoisotopic (exact) mass is 234 g/mol. The first-order chi connectivity index (χ1) is 8.02. The molecule has 2 rings (SSSR count). The zero-order valence-electron chi connectivity index (χ0n) is 9.69. The number of fused-ring (bicyclic) bond motifs is 1. The Morgan fingerprint density at radius 1 is 1.53 bits per heavy atom. The lowest BCUT2D eigenvalue weighted by Crippen LogP contribution is -2.33. The SMILES string of the molecule is Cc1cc(C)c2c(N)nn(CC(=O)NN)c2n1. The van der Waals surface area contributed by atoms with Crippen molar-refractivity contribution in [1.29, 1.82) is 0 Å². The minimum Gasteiger partial charge on any atom is -0.382 e. The third-order valence-corrected chi connectivity index (χ3v) is 2.51. The van der Waals surface area contributed by atoms with Crippen molar-refractivity contribution in [3.05, 3.63) is 17.3 Å². The number of nitrogen functional groups attached to an aromatic ring is 1. The first kappa shape index (κ1) is 11.3. The zero-order valence-corrected chi connectivity index (χ0v) is 9.69. The number of carbonyl (C=O) groups excluding carboxylic acids is 1. The average molecular weight is 234 g/mol. The Hall–Kier alpha value is -2.15. The molecule has 0 radical (unpaired) electrons. The number of nitrogens with zero attached hydrogens (tertiary/aromatic N) is 3. The van der Waals surface area contributed by atoms with Crippen LogP contribution in [0.25, 0.3) is 11.0 Å². The molecule has 90 valence electrons. The van der Waals surface area contributed by atoms with Crippen LogP contribution >= 0.6 is 0 Å². The van der Waals surface area contributed by atoms with Crippen LogP contribution in [-0.4, -0.2) is 20.7 Å². The maximum absolute atomic E-state index is 11.2. The van der Waals surface area contributed by atoms with Gasteiger partial charge in [0, 0.05) is 5.69 Å². The molecule has 2 heterocycles. The highest BCUT2D eigenvalue weighted by Gasteiger charge is 2.14. The molecule has 0 saturated heterocycles. The molecule has 2 aromatic heterocycles. The highest BCUT2D eigenvalue weighted by Crippen LogP contribution is 2.23. The van der Waals surface area contributed by atoms with Gasteiger partial charge in [0.15, 0.2) is 11.5 Å². The maximum Gasteiger partial charge on any atom is 0.255 e. The van der Waals surface area contributed by atoms with E-state index in [1.54, 1.807) is 0 Å². The van der Waals surface area contributed by atoms with Gasteiger partial charge in [-0.3, -0.25) is 10.2 Å². The van der Waals surface area contributed by atoms with Crippen molar-refractivity contribution in [3.63, 3.8) is 0 Å². The first-order valence-electron chi connectivity index (χ1n) is 5.12. The van der Waals surface area contributed by atoms with E-state index in [2.05, 4.69) is 10.1 Å². The number of aromatic nitrogens is 3. The van der Waals surface area contributed by atoms with Gasteiger partial charge in [-0.1, -0.05) is 0 Å². The van der Waals surface area contributed by atoms with Crippen molar-refractivity contribution in [3.8, 4) is 0 Å². The van der Waals surface area contributed by atoms with Gasteiger partial charge in [0.1, 0.15) is 6.54 Å². The standard InChI is InChI=1S/C10H14N6O/c1-5-3-6(2)13-10-8(5)9(11)15-16(10)4-7(17)14-12/h3H,4,12H2,1-2H3,(H2,11,15)(H,14,17). The van der Waals surface area contributed by atoms with E-state index in [1.165, 1.54) is 4.68 Å². The number of hydrazine groups is 1. The zero-order chi connectivity index (χ0) is 12.6. The minimum atomic E-state index is -0.352. The molecule has 0 aliphatic heterocycles. The van der Waals surface area contributed by atoms with E-state index in [-0.39, 0.29) is 12.5 Å². The molecule has 7 heteroatoms. The van der Waals surface area contributed by atoms with Crippen molar-refractivity contribution >= 4 is 22.8 Å². The molecule has 0 fully saturated rings. The van der Waals surface area contributed by atoms with E-state index in [1.807, 2.05) is 25.3 Å². The number of hydrogen-bond donors (Lipinski definition) is 3. The van der Waals surface area contributed by atoms with Crippen LogP contribution in [0.15, 0.2) is 6.07 Å². The number of aryl methyl sites for hydroxylation is 2. The summed E-state index contributed by atoms with van der Waals surface area (Å²) in [4.78, 5) is 15.6. The molecule has 0 spiro atoms. The molecule has 2 aromatic rings. The summed E-state index contributed by atoms with van der Waals surface area (Å²) in [6.45, 7) is 3.81. The highest BCUT2D eigenvalue weighted by atomic mass is 16.2. The molecule has 7 nitrogen and oxygen atoms in total. The summed E-state index contributed by atoms with van der Waals surface area (Å²) >= 11 is 0. The van der Waals surface area contributed by atoms with Crippen molar-refractivity contribution < 1.29 is 4.79 Å². The quantitative estimate of drug-likeness (QED) is 0.372. The van der Waals surface area contributed by atoms with Gasteiger partial charge in [-0.2, -0.15) is 5.10 Å². The van der Waals surface area contributed by atoms with Gasteiger partial charge in [-0.25, -0.2) is 15.5 Å². The Morgan fingerprint density at radius 3 is 2.88 bits per heavy atom. The number of anilines is 1. The van der Waals surface area contributed by atoms with E-state index in [4.69, 9.17) is 11.6 Å². The first-order valence-corrected chi connectivity index (χ1v) is 5.12. The number of rotatable bonds is 2. The van der Waals surface area contributed by atoms with Gasteiger partial charge in [0.25, 0.3) is 5.91 Å². The maximum atomic E-state index is 11.2. The fourth-order valence-corrected chi connectivity index (χ4v) is 1.84. The van der Waals surface area contributed by atoms with Crippen molar-refractivity contribution in [2.75, 3.05) is 5.73 Å². The number of nitrogens with two attached hydrogens (primary N) is 2. The second-order valence-corrected chi connectivity index (χ2v) is 3.89. The third kappa shape index (κ3) is 1.92. The predicted octanol–water partition coefficient (Wildman–Crippen LogP) is -0.380. The van der Waals surface area contributed by atoms with Gasteiger partial charge in [0.2, 0.25) is 0 Å². The second kappa shape index (κ2) is 4.02. The fraction of sp³-hybridized carbons (Fsp3) is 0.300. The number of amides is 1. The summed E-state index contributed by atoms with van der Waals surface area (Å²) in [7, 11) is 0. The molecular weight excluding hydrogens is 220 g/mol. The smallest absolute Gasteiger partial charge is 0.255 e. The lowest BCUT2D eigenvalue weighted by molar-refractivity contribution is -0.121. The summed E-state index contributed by atoms with van der Waals surface area (Å²) in [5, 5.41) is 4.87. The van der Waals surface area contributed by atoms with Gasteiger partial charge >= 0.3 is 0 Å². The molecule has 0 unspecified atom stereocenters. The largest absolute Gasteiger partial charge is 0.382 e. The molecule has 0 atom stereocenters. The summed E-state index contributed by atoms with van der Waals surface area (Å²) in [6.07, 6.45) is 0. The summed E-state index contributed by atoms with van der Waals surface area (Å²) < 4.78 is 1.45. The molecule has 0 aliphatic rings. The van der Waals surface area contributed by atoms with Gasteiger partial charge < -0.3 is 5.73 Å². The highest BCUT2D eigenvalue weighted by molar-refractivity contribution is 5.90. The van der Waals surface area contributed by atoms with Crippen molar-refractivity contribution in [2.24, 2.45) is 5.84 Å². The minimum absolute atomic E-state index is 0.0000926. The van der Waals surface area contributed by atoms with Crippen LogP contribution < -0.4 is 17.0 Å². The van der Waals surface area contributed by atoms with Gasteiger partial charge in [-0.15, -0.1) is 0 Å². The van der Waals surface area contributed by atoms with Crippen LogP contribution in [0.4, 0.5) is 5.82 Å². The Kier molecular flexibility index (Phi) is 2.68. The molecule has 0 bridgehead atoms. The predicted molar refractivity (Wildman–Crippen MR) is 63.7 cm³/mol. The number of hydrogen-bond acceptors (Lipinski definition) is 5. The normalized spacial score (nSPS) is 10.8. The number of pyridine rings is 1. The Balaban J connectivity index is 2.61. The van der Waals surface area contributed by atoms with E-state index in [0.717, 1.165) is 16.6 Å². The molecule has 0 saturated carbocycles. The lowest BCUT2D eigenvalue weighted by Gasteiger charge is -2.03. The van der Waals surface area contributed by atoms with E-state index < -0.39 is 0 Å². The summed E-state index contributed by atoms with van der Waals surface area (Å²) in [6, 6.07) is 1.92. The Morgan fingerprint density at radius 2 is 2.24 bits per heavy atom. The topological polar surface area (TPSA) is 112 Å². The molecule has 0 aromatic carbocycles. The van der Waals surface area contributed by atoms with Gasteiger partial charge in [-0.05, 0) is 25.5 Å². The Bertz CT molecular complexity index is 588. The molecule has 1 amide bonds. The summed E-state index contributed by atoms with van der Waals surface area (Å²) in [5.41, 5.74) is 10.3.